The fourth-order valence-electron chi connectivity index (χ4n) is 3.28. The molecule has 2 heterocycles. The molecule has 2 rings (SSSR count). The number of nitrogens with one attached hydrogen (secondary N) is 1. The molecule has 3 heteroatoms. The largest absolute Gasteiger partial charge is 0.308 e. The SMILES string of the molecule is CCNC(c1ccc(C)s1)C(C)(CC)N1CCCC1. The highest BCUT2D eigenvalue weighted by Gasteiger charge is 2.40. The number of nitrogens with zero attached hydrogens (tertiary/aromatic N) is 1. The summed E-state index contributed by atoms with van der Waals surface area (Å²) < 4.78 is 0. The third kappa shape index (κ3) is 3.04. The summed E-state index contributed by atoms with van der Waals surface area (Å²) in [6.07, 6.45) is 3.91. The van der Waals surface area contributed by atoms with Crippen molar-refractivity contribution in [3.05, 3.63) is 21.9 Å². The zero-order valence-corrected chi connectivity index (χ0v) is 13.6. The van der Waals surface area contributed by atoms with Crippen molar-refractivity contribution in [1.82, 2.24) is 10.2 Å². The van der Waals surface area contributed by atoms with E-state index in [9.17, 15) is 0 Å². The van der Waals surface area contributed by atoms with E-state index in [4.69, 9.17) is 0 Å². The summed E-state index contributed by atoms with van der Waals surface area (Å²) in [7, 11) is 0. The molecule has 1 N–H and O–H groups in total. The highest BCUT2D eigenvalue weighted by Crippen LogP contribution is 2.38. The van der Waals surface area contributed by atoms with Crippen molar-refractivity contribution in [2.45, 2.75) is 58.5 Å². The Morgan fingerprint density at radius 1 is 1.32 bits per heavy atom. The van der Waals surface area contributed by atoms with Crippen molar-refractivity contribution in [2.24, 2.45) is 0 Å². The van der Waals surface area contributed by atoms with E-state index in [1.807, 2.05) is 11.3 Å². The molecule has 0 radical (unpaired) electrons. The van der Waals surface area contributed by atoms with Gasteiger partial charge in [-0.1, -0.05) is 13.8 Å². The molecular weight excluding hydrogens is 252 g/mol. The van der Waals surface area contributed by atoms with Gasteiger partial charge in [0.25, 0.3) is 0 Å². The van der Waals surface area contributed by atoms with Crippen LogP contribution in [0.15, 0.2) is 12.1 Å². The van der Waals surface area contributed by atoms with Crippen molar-refractivity contribution < 1.29 is 0 Å². The maximum Gasteiger partial charge on any atom is 0.0599 e. The zero-order chi connectivity index (χ0) is 13.9. The number of likely N-dealkylation sites (N-methyl/N-ethyl adjacent to an activating group) is 1. The van der Waals surface area contributed by atoms with Crippen molar-refractivity contribution in [3.63, 3.8) is 0 Å². The minimum atomic E-state index is 0.240. The van der Waals surface area contributed by atoms with Gasteiger partial charge in [0.05, 0.1) is 6.04 Å². The Morgan fingerprint density at radius 3 is 2.47 bits per heavy atom. The maximum atomic E-state index is 3.75. The minimum Gasteiger partial charge on any atom is -0.308 e. The maximum absolute atomic E-state index is 3.75. The molecule has 0 aliphatic carbocycles. The first kappa shape index (κ1) is 15.0. The fourth-order valence-corrected chi connectivity index (χ4v) is 4.38. The molecule has 108 valence electrons. The van der Waals surface area contributed by atoms with Crippen LogP contribution in [0, 0.1) is 6.92 Å². The molecular formula is C16H28N2S. The second-order valence-electron chi connectivity index (χ2n) is 5.84. The monoisotopic (exact) mass is 280 g/mol. The predicted molar refractivity (Wildman–Crippen MR) is 85.0 cm³/mol. The molecule has 1 saturated heterocycles. The van der Waals surface area contributed by atoms with E-state index >= 15 is 0 Å². The first-order chi connectivity index (χ1) is 9.11. The third-order valence-electron chi connectivity index (χ3n) is 4.62. The van der Waals surface area contributed by atoms with E-state index < -0.39 is 0 Å². The van der Waals surface area contributed by atoms with Crippen LogP contribution < -0.4 is 5.32 Å². The lowest BCUT2D eigenvalue weighted by Gasteiger charge is -2.44. The fraction of sp³-hybridized carbons (Fsp3) is 0.750. The Bertz CT molecular complexity index is 395. The van der Waals surface area contributed by atoms with Crippen molar-refractivity contribution >= 4 is 11.3 Å². The lowest BCUT2D eigenvalue weighted by Crippen LogP contribution is -2.53. The molecule has 2 unspecified atom stereocenters. The smallest absolute Gasteiger partial charge is 0.0599 e. The van der Waals surface area contributed by atoms with Crippen LogP contribution in [0.25, 0.3) is 0 Å². The lowest BCUT2D eigenvalue weighted by atomic mass is 9.86. The summed E-state index contributed by atoms with van der Waals surface area (Å²) in [6.45, 7) is 12.8. The van der Waals surface area contributed by atoms with E-state index in [0.717, 1.165) is 6.54 Å². The van der Waals surface area contributed by atoms with Crippen LogP contribution in [0.4, 0.5) is 0 Å². The molecule has 1 aromatic rings. The van der Waals surface area contributed by atoms with Gasteiger partial charge in [0.1, 0.15) is 0 Å². The van der Waals surface area contributed by atoms with Crippen LogP contribution in [0.3, 0.4) is 0 Å². The molecule has 0 spiro atoms. The number of aryl methyl sites for hydroxylation is 1. The Labute approximate surface area is 122 Å². The van der Waals surface area contributed by atoms with Crippen LogP contribution >= 0.6 is 11.3 Å². The zero-order valence-electron chi connectivity index (χ0n) is 12.8. The lowest BCUT2D eigenvalue weighted by molar-refractivity contribution is 0.0860. The molecule has 2 atom stereocenters. The normalized spacial score (nSPS) is 21.5. The summed E-state index contributed by atoms with van der Waals surface area (Å²) in [5, 5.41) is 3.75. The molecule has 0 aromatic carbocycles. The number of hydrogen-bond acceptors (Lipinski definition) is 3. The average Bonchev–Trinajstić information content (AvgIpc) is 3.06. The molecule has 0 saturated carbocycles. The van der Waals surface area contributed by atoms with Gasteiger partial charge in [0.2, 0.25) is 0 Å². The molecule has 1 aromatic heterocycles. The highest BCUT2D eigenvalue weighted by atomic mass is 32.1. The molecule has 2 nitrogen and oxygen atoms in total. The van der Waals surface area contributed by atoms with E-state index in [2.05, 4.69) is 50.0 Å². The predicted octanol–water partition coefficient (Wildman–Crippen LogP) is 3.97. The van der Waals surface area contributed by atoms with Gasteiger partial charge in [0.15, 0.2) is 0 Å². The molecule has 0 amide bonds. The minimum absolute atomic E-state index is 0.240. The van der Waals surface area contributed by atoms with Crippen LogP contribution in [-0.4, -0.2) is 30.1 Å². The Hall–Kier alpha value is -0.380. The van der Waals surface area contributed by atoms with Gasteiger partial charge in [-0.3, -0.25) is 4.90 Å². The van der Waals surface area contributed by atoms with Crippen LogP contribution in [0.2, 0.25) is 0 Å². The van der Waals surface area contributed by atoms with Gasteiger partial charge in [0, 0.05) is 15.3 Å². The number of likely N-dealkylation sites (tertiary alicyclic amines) is 1. The molecule has 1 fully saturated rings. The summed E-state index contributed by atoms with van der Waals surface area (Å²) in [6, 6.07) is 5.03. The third-order valence-corrected chi connectivity index (χ3v) is 5.69. The molecule has 1 aliphatic heterocycles. The van der Waals surface area contributed by atoms with E-state index in [0.29, 0.717) is 6.04 Å². The van der Waals surface area contributed by atoms with Crippen LogP contribution in [-0.2, 0) is 0 Å². The Balaban J connectivity index is 2.29. The summed E-state index contributed by atoms with van der Waals surface area (Å²) in [5.41, 5.74) is 0.240. The van der Waals surface area contributed by atoms with Gasteiger partial charge >= 0.3 is 0 Å². The number of thiophene rings is 1. The summed E-state index contributed by atoms with van der Waals surface area (Å²) in [4.78, 5) is 5.61. The topological polar surface area (TPSA) is 15.3 Å². The van der Waals surface area contributed by atoms with Crippen LogP contribution in [0.5, 0.6) is 0 Å². The van der Waals surface area contributed by atoms with Crippen molar-refractivity contribution in [1.29, 1.82) is 0 Å². The van der Waals surface area contributed by atoms with Gasteiger partial charge < -0.3 is 5.32 Å². The van der Waals surface area contributed by atoms with E-state index in [-0.39, 0.29) is 5.54 Å². The average molecular weight is 280 g/mol. The quantitative estimate of drug-likeness (QED) is 0.848. The van der Waals surface area contributed by atoms with Gasteiger partial charge in [-0.25, -0.2) is 0 Å². The van der Waals surface area contributed by atoms with Crippen LogP contribution in [0.1, 0.15) is 55.8 Å². The Kier molecular flexibility index (Phi) is 5.04. The summed E-state index contributed by atoms with van der Waals surface area (Å²) in [5.74, 6) is 0. The van der Waals surface area contributed by atoms with Gasteiger partial charge in [-0.15, -0.1) is 11.3 Å². The number of rotatable bonds is 6. The second-order valence-corrected chi connectivity index (χ2v) is 7.16. The summed E-state index contributed by atoms with van der Waals surface area (Å²) >= 11 is 1.95. The second kappa shape index (κ2) is 6.38. The van der Waals surface area contributed by atoms with E-state index in [1.54, 1.807) is 0 Å². The van der Waals surface area contributed by atoms with Crippen molar-refractivity contribution in [2.75, 3.05) is 19.6 Å². The standard InChI is InChI=1S/C16H28N2S/c1-5-16(4,18-11-7-8-12-18)15(17-6-2)14-10-9-13(3)19-14/h9-10,15,17H,5-8,11-12H2,1-4H3. The Morgan fingerprint density at radius 2 is 2.00 bits per heavy atom. The highest BCUT2D eigenvalue weighted by molar-refractivity contribution is 7.12. The molecule has 19 heavy (non-hydrogen) atoms. The number of hydrogen-bond donors (Lipinski definition) is 1. The molecule has 0 bridgehead atoms. The van der Waals surface area contributed by atoms with Gasteiger partial charge in [-0.2, -0.15) is 0 Å². The van der Waals surface area contributed by atoms with Crippen molar-refractivity contribution in [3.8, 4) is 0 Å². The molecule has 1 aliphatic rings. The van der Waals surface area contributed by atoms with Gasteiger partial charge in [-0.05, 0) is 64.9 Å². The van der Waals surface area contributed by atoms with E-state index in [1.165, 1.54) is 42.1 Å². The first-order valence-electron chi connectivity index (χ1n) is 7.66. The first-order valence-corrected chi connectivity index (χ1v) is 8.48.